The van der Waals surface area contributed by atoms with Gasteiger partial charge in [0.05, 0.1) is 12.4 Å². The molecule has 0 aromatic heterocycles. The monoisotopic (exact) mass is 559 g/mol. The van der Waals surface area contributed by atoms with Gasteiger partial charge in [0.2, 0.25) is 0 Å². The number of amidine groups is 1. The van der Waals surface area contributed by atoms with E-state index >= 15 is 0 Å². The van der Waals surface area contributed by atoms with Gasteiger partial charge >= 0.3 is 17.9 Å². The summed E-state index contributed by atoms with van der Waals surface area (Å²) in [5, 5.41) is 5.07. The van der Waals surface area contributed by atoms with Gasteiger partial charge < -0.3 is 23.5 Å². The van der Waals surface area contributed by atoms with Crippen LogP contribution in [0.15, 0.2) is 35.3 Å². The van der Waals surface area contributed by atoms with E-state index in [4.69, 9.17) is 35.3 Å². The van der Waals surface area contributed by atoms with Crippen LogP contribution < -0.4 is 10.5 Å². The van der Waals surface area contributed by atoms with Crippen LogP contribution in [0.5, 0.6) is 0 Å². The first-order valence-corrected chi connectivity index (χ1v) is 14.4. The van der Waals surface area contributed by atoms with Crippen molar-refractivity contribution in [2.24, 2.45) is 4.99 Å². The number of carbonyl (C=O) groups is 4. The Kier molecular flexibility index (Phi) is 9.61. The van der Waals surface area contributed by atoms with Gasteiger partial charge in [0, 0.05) is 33.2 Å². The molecular weight excluding hydrogens is 533 g/mol. The van der Waals surface area contributed by atoms with E-state index in [0.29, 0.717) is 5.30 Å². The molecule has 1 amide bonds. The molecule has 0 saturated carbocycles. The number of benzene rings is 1. The average molecular weight is 560 g/mol. The highest BCUT2D eigenvalue weighted by molar-refractivity contribution is 8.16. The van der Waals surface area contributed by atoms with Gasteiger partial charge in [-0.15, -0.1) is 0 Å². The van der Waals surface area contributed by atoms with Crippen LogP contribution in [0.3, 0.4) is 0 Å². The zero-order chi connectivity index (χ0) is 26.5. The molecule has 12 nitrogen and oxygen atoms in total. The van der Waals surface area contributed by atoms with Gasteiger partial charge in [0.1, 0.15) is 0 Å². The van der Waals surface area contributed by atoms with E-state index in [-0.39, 0.29) is 23.4 Å². The lowest BCUT2D eigenvalue weighted by Gasteiger charge is -2.39. The molecule has 2 saturated heterocycles. The molecule has 36 heavy (non-hydrogen) atoms. The molecule has 2 aliphatic rings. The quantitative estimate of drug-likeness (QED) is 0.274. The summed E-state index contributed by atoms with van der Waals surface area (Å²) in [7, 11) is 1.45. The molecule has 1 aromatic carbocycles. The standard InChI is InChI=1S/C21H26N3O9PS2/c1-12(25)31-16-10-30-20(19(33-14(3)27)18(16)32-13(2)26)22-21-24(17(28)11-36-21)23-34(35,29-4)15-8-6-5-7-9-15/h5-9,16,18-20H,10-11H2,1-4H3,(H,23,35)/t16-,18+,19-,20-,34?/m1/s1. The van der Waals surface area contributed by atoms with Crippen LogP contribution in [-0.2, 0) is 54.5 Å². The van der Waals surface area contributed by atoms with Crippen LogP contribution in [0, 0.1) is 0 Å². The lowest BCUT2D eigenvalue weighted by molar-refractivity contribution is -0.224. The minimum Gasteiger partial charge on any atom is -0.456 e. The van der Waals surface area contributed by atoms with E-state index in [2.05, 4.69) is 10.2 Å². The summed E-state index contributed by atoms with van der Waals surface area (Å²) < 4.78 is 27.3. The van der Waals surface area contributed by atoms with Crippen molar-refractivity contribution in [2.75, 3.05) is 19.5 Å². The highest BCUT2D eigenvalue weighted by Crippen LogP contribution is 2.42. The van der Waals surface area contributed by atoms with Crippen molar-refractivity contribution >= 4 is 64.3 Å². The number of esters is 3. The molecule has 0 spiro atoms. The third-order valence-electron chi connectivity index (χ3n) is 4.91. The molecule has 2 heterocycles. The molecule has 2 fully saturated rings. The van der Waals surface area contributed by atoms with Crippen LogP contribution in [0.4, 0.5) is 0 Å². The maximum Gasteiger partial charge on any atom is 0.303 e. The Morgan fingerprint density at radius 1 is 1.08 bits per heavy atom. The minimum absolute atomic E-state index is 0.0636. The van der Waals surface area contributed by atoms with Crippen LogP contribution in [0.2, 0.25) is 0 Å². The summed E-state index contributed by atoms with van der Waals surface area (Å²) in [5.41, 5.74) is 0. The smallest absolute Gasteiger partial charge is 0.303 e. The predicted molar refractivity (Wildman–Crippen MR) is 134 cm³/mol. The van der Waals surface area contributed by atoms with E-state index in [9.17, 15) is 19.2 Å². The number of ether oxygens (including phenoxy) is 4. The first kappa shape index (κ1) is 28.2. The Labute approximate surface area is 217 Å². The van der Waals surface area contributed by atoms with E-state index in [1.54, 1.807) is 24.3 Å². The molecule has 0 radical (unpaired) electrons. The Morgan fingerprint density at radius 3 is 2.28 bits per heavy atom. The SMILES string of the molecule is COP(=S)(NN1C(=O)CSC1=N[C@@H]1OC[C@@H](OC(C)=O)[C@H](OC(C)=O)[C@H]1OC(C)=O)c1ccccc1. The van der Waals surface area contributed by atoms with E-state index in [1.165, 1.54) is 32.9 Å². The van der Waals surface area contributed by atoms with Crippen LogP contribution in [-0.4, -0.2) is 78.0 Å². The normalized spacial score (nSPS) is 26.8. The van der Waals surface area contributed by atoms with Crippen LogP contribution >= 0.6 is 18.2 Å². The van der Waals surface area contributed by atoms with Crippen molar-refractivity contribution in [3.63, 3.8) is 0 Å². The topological polar surface area (TPSA) is 142 Å². The van der Waals surface area contributed by atoms with Gasteiger partial charge in [-0.1, -0.05) is 42.1 Å². The fraction of sp³-hybridized carbons (Fsp3) is 0.476. The summed E-state index contributed by atoms with van der Waals surface area (Å²) in [6.45, 7) is 3.34. The van der Waals surface area contributed by atoms with Crippen molar-refractivity contribution in [2.45, 2.75) is 45.3 Å². The molecule has 5 atom stereocenters. The number of aliphatic imine (C=N–C) groups is 1. The number of carbonyl (C=O) groups excluding carboxylic acids is 4. The summed E-state index contributed by atoms with van der Waals surface area (Å²) in [4.78, 5) is 52.4. The van der Waals surface area contributed by atoms with Gasteiger partial charge in [-0.2, -0.15) is 5.20 Å². The lowest BCUT2D eigenvalue weighted by Crippen LogP contribution is -2.57. The second-order valence-corrected chi connectivity index (χ2v) is 12.3. The van der Waals surface area contributed by atoms with Gasteiger partial charge in [-0.3, -0.25) is 19.2 Å². The zero-order valence-electron chi connectivity index (χ0n) is 19.9. The molecule has 196 valence electrons. The first-order valence-electron chi connectivity index (χ1n) is 10.7. The molecule has 1 aromatic rings. The van der Waals surface area contributed by atoms with E-state index in [1.807, 2.05) is 6.07 Å². The van der Waals surface area contributed by atoms with Crippen molar-refractivity contribution in [1.29, 1.82) is 0 Å². The van der Waals surface area contributed by atoms with Crippen molar-refractivity contribution in [3.05, 3.63) is 30.3 Å². The molecule has 0 aliphatic carbocycles. The maximum atomic E-state index is 12.7. The number of hydrogen-bond donors (Lipinski definition) is 1. The third-order valence-corrected chi connectivity index (χ3v) is 9.13. The van der Waals surface area contributed by atoms with Crippen molar-refractivity contribution in [3.8, 4) is 0 Å². The zero-order valence-corrected chi connectivity index (χ0v) is 22.5. The third kappa shape index (κ3) is 6.90. The fourth-order valence-electron chi connectivity index (χ4n) is 3.46. The van der Waals surface area contributed by atoms with Gasteiger partial charge in [0.15, 0.2) is 36.1 Å². The van der Waals surface area contributed by atoms with Crippen molar-refractivity contribution in [1.82, 2.24) is 10.2 Å². The first-order chi connectivity index (χ1) is 17.0. The lowest BCUT2D eigenvalue weighted by atomic mass is 10.0. The van der Waals surface area contributed by atoms with Crippen LogP contribution in [0.1, 0.15) is 20.8 Å². The van der Waals surface area contributed by atoms with Gasteiger partial charge in [-0.05, 0) is 11.8 Å². The molecule has 1 unspecified atom stereocenters. The summed E-state index contributed by atoms with van der Waals surface area (Å²) in [5.74, 6) is -2.27. The fourth-order valence-corrected chi connectivity index (χ4v) is 6.41. The molecule has 2 aliphatic heterocycles. The second-order valence-electron chi connectivity index (χ2n) is 7.62. The number of hydrogen-bond acceptors (Lipinski definition) is 12. The van der Waals surface area contributed by atoms with Crippen LogP contribution in [0.25, 0.3) is 0 Å². The maximum absolute atomic E-state index is 12.7. The highest BCUT2D eigenvalue weighted by atomic mass is 32.4. The largest absolute Gasteiger partial charge is 0.456 e. The van der Waals surface area contributed by atoms with Gasteiger partial charge in [0.25, 0.3) is 5.91 Å². The molecular formula is C21H26N3O9PS2. The predicted octanol–water partition coefficient (Wildman–Crippen LogP) is 0.855. The summed E-state index contributed by atoms with van der Waals surface area (Å²) in [6.07, 6.45) is -7.53. The number of thioether (sulfide) groups is 1. The Morgan fingerprint density at radius 2 is 1.69 bits per heavy atom. The van der Waals surface area contributed by atoms with Crippen molar-refractivity contribution < 1.29 is 42.6 Å². The number of hydrazine groups is 1. The van der Waals surface area contributed by atoms with E-state index < -0.39 is 48.9 Å². The number of nitrogens with zero attached hydrogens (tertiary/aromatic N) is 2. The number of rotatable bonds is 8. The number of nitrogens with one attached hydrogen (secondary N) is 1. The van der Waals surface area contributed by atoms with Gasteiger partial charge in [-0.25, -0.2) is 10.0 Å². The summed E-state index contributed by atoms with van der Waals surface area (Å²) >= 11 is 6.84. The minimum atomic E-state index is -2.88. The Bertz CT molecular complexity index is 1090. The molecule has 3 rings (SSSR count). The second kappa shape index (κ2) is 12.3. The summed E-state index contributed by atoms with van der Waals surface area (Å²) in [6, 6.07) is 9.03. The van der Waals surface area contributed by atoms with E-state index in [0.717, 1.165) is 11.8 Å². The Hall–Kier alpha value is -2.35. The highest BCUT2D eigenvalue weighted by Gasteiger charge is 2.48. The molecule has 1 N–H and O–H groups in total. The average Bonchev–Trinajstić information content (AvgIpc) is 3.15. The molecule has 15 heteroatoms. The number of amides is 1. The Balaban J connectivity index is 1.93. The molecule has 0 bridgehead atoms.